The van der Waals surface area contributed by atoms with Crippen molar-refractivity contribution in [3.05, 3.63) is 17.7 Å². The Hall–Kier alpha value is -0.900. The second kappa shape index (κ2) is 4.17. The number of nitrogens with zero attached hydrogens (tertiary/aromatic N) is 1. The number of alkyl halides is 1. The molecule has 1 atom stereocenters. The Morgan fingerprint density at radius 3 is 2.69 bits per heavy atom. The summed E-state index contributed by atoms with van der Waals surface area (Å²) in [6.07, 6.45) is 4.78. The van der Waals surface area contributed by atoms with Crippen molar-refractivity contribution in [1.82, 2.24) is 9.97 Å². The van der Waals surface area contributed by atoms with Crippen LogP contribution in [0, 0.1) is 12.8 Å². The van der Waals surface area contributed by atoms with Gasteiger partial charge in [0.05, 0.1) is 5.69 Å². The first kappa shape index (κ1) is 11.6. The molecule has 1 saturated carbocycles. The summed E-state index contributed by atoms with van der Waals surface area (Å²) in [6.45, 7) is 3.60. The van der Waals surface area contributed by atoms with E-state index in [-0.39, 0.29) is 6.04 Å². The quantitative estimate of drug-likeness (QED) is 0.813. The highest BCUT2D eigenvalue weighted by Gasteiger charge is 2.33. The van der Waals surface area contributed by atoms with Gasteiger partial charge in [0.15, 0.2) is 0 Å². The molecule has 16 heavy (non-hydrogen) atoms. The molecule has 1 heterocycles. The lowest BCUT2D eigenvalue weighted by molar-refractivity contribution is 0.0949. The zero-order valence-electron chi connectivity index (χ0n) is 9.96. The third kappa shape index (κ3) is 2.43. The van der Waals surface area contributed by atoms with Gasteiger partial charge in [-0.1, -0.05) is 0 Å². The van der Waals surface area contributed by atoms with Crippen LogP contribution in [0.2, 0.25) is 0 Å². The van der Waals surface area contributed by atoms with E-state index in [2.05, 4.69) is 9.97 Å². The zero-order valence-corrected chi connectivity index (χ0v) is 9.96. The van der Waals surface area contributed by atoms with Crippen molar-refractivity contribution >= 4 is 0 Å². The van der Waals surface area contributed by atoms with Crippen LogP contribution in [0.3, 0.4) is 0 Å². The van der Waals surface area contributed by atoms with E-state index in [4.69, 9.17) is 5.73 Å². The predicted octanol–water partition coefficient (Wildman–Crippen LogP) is 2.64. The van der Waals surface area contributed by atoms with Crippen molar-refractivity contribution in [2.24, 2.45) is 11.7 Å². The fourth-order valence-corrected chi connectivity index (χ4v) is 2.46. The molecule has 1 aromatic rings. The van der Waals surface area contributed by atoms with Gasteiger partial charge in [0.1, 0.15) is 11.5 Å². The van der Waals surface area contributed by atoms with Crippen molar-refractivity contribution < 1.29 is 4.39 Å². The summed E-state index contributed by atoms with van der Waals surface area (Å²) in [5, 5.41) is 0. The zero-order chi connectivity index (χ0) is 11.8. The number of nitrogens with one attached hydrogen (secondary N) is 1. The molecule has 0 amide bonds. The van der Waals surface area contributed by atoms with Crippen LogP contribution in [-0.2, 0) is 0 Å². The Bertz CT molecular complexity index is 349. The van der Waals surface area contributed by atoms with E-state index in [9.17, 15) is 4.39 Å². The summed E-state index contributed by atoms with van der Waals surface area (Å²) in [4.78, 5) is 7.32. The summed E-state index contributed by atoms with van der Waals surface area (Å²) in [5.41, 5.74) is 6.17. The minimum Gasteiger partial charge on any atom is -0.345 e. The number of imidazole rings is 1. The van der Waals surface area contributed by atoms with Crippen LogP contribution in [0.15, 0.2) is 6.20 Å². The van der Waals surface area contributed by atoms with Crippen LogP contribution in [0.25, 0.3) is 0 Å². The van der Waals surface area contributed by atoms with Gasteiger partial charge in [-0.05, 0) is 45.4 Å². The highest BCUT2D eigenvalue weighted by atomic mass is 19.1. The molecular weight excluding hydrogens is 205 g/mol. The maximum Gasteiger partial charge on any atom is 0.108 e. The topological polar surface area (TPSA) is 54.7 Å². The lowest BCUT2D eigenvalue weighted by atomic mass is 9.77. The molecule has 0 radical (unpaired) electrons. The van der Waals surface area contributed by atoms with Crippen LogP contribution >= 0.6 is 0 Å². The fourth-order valence-electron chi connectivity index (χ4n) is 2.46. The molecule has 0 saturated heterocycles. The number of hydrogen-bond donors (Lipinski definition) is 2. The lowest BCUT2D eigenvalue weighted by Crippen LogP contribution is -2.31. The number of aromatic nitrogens is 2. The maximum absolute atomic E-state index is 13.7. The van der Waals surface area contributed by atoms with Crippen LogP contribution in [0.1, 0.15) is 50.2 Å². The van der Waals surface area contributed by atoms with Gasteiger partial charge < -0.3 is 10.7 Å². The van der Waals surface area contributed by atoms with Crippen LogP contribution in [-0.4, -0.2) is 15.6 Å². The molecular formula is C12H20FN3. The first-order valence-corrected chi connectivity index (χ1v) is 5.94. The Kier molecular flexibility index (Phi) is 3.02. The lowest BCUT2D eigenvalue weighted by Gasteiger charge is -2.33. The second-order valence-electron chi connectivity index (χ2n) is 5.20. The van der Waals surface area contributed by atoms with E-state index in [1.807, 2.05) is 6.92 Å². The minimum absolute atomic E-state index is 0.0303. The molecule has 3 nitrogen and oxygen atoms in total. The van der Waals surface area contributed by atoms with Gasteiger partial charge in [-0.3, -0.25) is 0 Å². The number of hydrogen-bond acceptors (Lipinski definition) is 2. The van der Waals surface area contributed by atoms with Gasteiger partial charge in [-0.15, -0.1) is 0 Å². The van der Waals surface area contributed by atoms with E-state index >= 15 is 0 Å². The van der Waals surface area contributed by atoms with Crippen molar-refractivity contribution in [2.45, 2.75) is 51.2 Å². The Balaban J connectivity index is 1.99. The summed E-state index contributed by atoms with van der Waals surface area (Å²) in [6, 6.07) is -0.0303. The number of aryl methyl sites for hydroxylation is 1. The van der Waals surface area contributed by atoms with Crippen molar-refractivity contribution in [2.75, 3.05) is 0 Å². The van der Waals surface area contributed by atoms with Gasteiger partial charge in [0.25, 0.3) is 0 Å². The first-order chi connectivity index (χ1) is 7.48. The smallest absolute Gasteiger partial charge is 0.108 e. The van der Waals surface area contributed by atoms with Gasteiger partial charge in [-0.2, -0.15) is 0 Å². The number of nitrogens with two attached hydrogens (primary N) is 1. The number of rotatable bonds is 2. The molecule has 0 aliphatic heterocycles. The van der Waals surface area contributed by atoms with Crippen LogP contribution < -0.4 is 5.73 Å². The highest BCUT2D eigenvalue weighted by Crippen LogP contribution is 2.39. The monoisotopic (exact) mass is 225 g/mol. The largest absolute Gasteiger partial charge is 0.345 e. The molecule has 1 aliphatic rings. The van der Waals surface area contributed by atoms with Crippen LogP contribution in [0.4, 0.5) is 4.39 Å². The molecule has 1 aliphatic carbocycles. The fraction of sp³-hybridized carbons (Fsp3) is 0.750. The molecule has 90 valence electrons. The number of halogens is 1. The van der Waals surface area contributed by atoms with Gasteiger partial charge in [0.2, 0.25) is 0 Å². The van der Waals surface area contributed by atoms with Crippen molar-refractivity contribution in [3.63, 3.8) is 0 Å². The van der Waals surface area contributed by atoms with Crippen LogP contribution in [0.5, 0.6) is 0 Å². The first-order valence-electron chi connectivity index (χ1n) is 5.94. The average molecular weight is 225 g/mol. The predicted molar refractivity (Wildman–Crippen MR) is 61.7 cm³/mol. The van der Waals surface area contributed by atoms with E-state index in [0.29, 0.717) is 18.8 Å². The number of H-pyrrole nitrogens is 1. The Labute approximate surface area is 95.6 Å². The highest BCUT2D eigenvalue weighted by molar-refractivity contribution is 5.07. The molecule has 1 aromatic heterocycles. The molecule has 2 rings (SSSR count). The van der Waals surface area contributed by atoms with Gasteiger partial charge >= 0.3 is 0 Å². The SMILES string of the molecule is Cc1ncc(C(N)C2CCC(C)(F)CC2)[nH]1. The second-order valence-corrected chi connectivity index (χ2v) is 5.20. The van der Waals surface area contributed by atoms with E-state index in [1.54, 1.807) is 13.1 Å². The number of aromatic amines is 1. The van der Waals surface area contributed by atoms with Gasteiger partial charge in [0, 0.05) is 12.2 Å². The Morgan fingerprint density at radius 2 is 2.19 bits per heavy atom. The third-order valence-electron chi connectivity index (χ3n) is 3.66. The Morgan fingerprint density at radius 1 is 1.56 bits per heavy atom. The van der Waals surface area contributed by atoms with E-state index in [1.165, 1.54) is 0 Å². The summed E-state index contributed by atoms with van der Waals surface area (Å²) in [7, 11) is 0. The van der Waals surface area contributed by atoms with E-state index in [0.717, 1.165) is 24.4 Å². The molecule has 1 unspecified atom stereocenters. The third-order valence-corrected chi connectivity index (χ3v) is 3.66. The summed E-state index contributed by atoms with van der Waals surface area (Å²) >= 11 is 0. The molecule has 3 N–H and O–H groups in total. The summed E-state index contributed by atoms with van der Waals surface area (Å²) < 4.78 is 13.7. The van der Waals surface area contributed by atoms with E-state index < -0.39 is 5.67 Å². The van der Waals surface area contributed by atoms with Gasteiger partial charge in [-0.25, -0.2) is 9.37 Å². The summed E-state index contributed by atoms with van der Waals surface area (Å²) in [5.74, 6) is 1.26. The minimum atomic E-state index is -0.986. The maximum atomic E-state index is 13.7. The van der Waals surface area contributed by atoms with Crippen molar-refractivity contribution in [3.8, 4) is 0 Å². The average Bonchev–Trinajstić information content (AvgIpc) is 2.64. The molecule has 0 spiro atoms. The molecule has 1 fully saturated rings. The standard InChI is InChI=1S/C12H20FN3/c1-8-15-7-10(16-8)11(14)9-3-5-12(2,13)6-4-9/h7,9,11H,3-6,14H2,1-2H3,(H,15,16). The van der Waals surface area contributed by atoms with Crippen molar-refractivity contribution in [1.29, 1.82) is 0 Å². The molecule has 0 bridgehead atoms. The molecule has 4 heteroatoms. The molecule has 0 aromatic carbocycles. The normalized spacial score (nSPS) is 32.6.